The Morgan fingerprint density at radius 1 is 1.04 bits per heavy atom. The largest absolute Gasteiger partial charge is 0.370 e. The van der Waals surface area contributed by atoms with Crippen LogP contribution in [0.3, 0.4) is 0 Å². The zero-order valence-electron chi connectivity index (χ0n) is 14.9. The Morgan fingerprint density at radius 3 is 2.50 bits per heavy atom. The number of para-hydroxylation sites is 1. The van der Waals surface area contributed by atoms with Crippen LogP contribution in [0.1, 0.15) is 17.3 Å². The molecule has 1 aliphatic rings. The highest BCUT2D eigenvalue weighted by molar-refractivity contribution is 5.75. The number of benzene rings is 2. The summed E-state index contributed by atoms with van der Waals surface area (Å²) >= 11 is 0. The van der Waals surface area contributed by atoms with Gasteiger partial charge >= 0.3 is 0 Å². The highest BCUT2D eigenvalue weighted by atomic mass is 16.1. The van der Waals surface area contributed by atoms with E-state index in [1.165, 1.54) is 0 Å². The zero-order chi connectivity index (χ0) is 19.1. The van der Waals surface area contributed by atoms with Crippen molar-refractivity contribution in [2.24, 2.45) is 0 Å². The lowest BCUT2D eigenvalue weighted by atomic mass is 9.98. The first kappa shape index (κ1) is 16.3. The van der Waals surface area contributed by atoms with Gasteiger partial charge in [0.1, 0.15) is 11.2 Å². The summed E-state index contributed by atoms with van der Waals surface area (Å²) in [5.41, 5.74) is 2.98. The van der Waals surface area contributed by atoms with Crippen LogP contribution in [0.5, 0.6) is 0 Å². The predicted molar refractivity (Wildman–Crippen MR) is 106 cm³/mol. The molecular weight excluding hydrogens is 352 g/mol. The fourth-order valence-corrected chi connectivity index (χ4v) is 3.50. The van der Waals surface area contributed by atoms with Gasteiger partial charge in [-0.2, -0.15) is 10.4 Å². The highest BCUT2D eigenvalue weighted by Gasteiger charge is 2.31. The van der Waals surface area contributed by atoms with Crippen LogP contribution in [0.25, 0.3) is 16.7 Å². The van der Waals surface area contributed by atoms with Gasteiger partial charge in [0.05, 0.1) is 29.4 Å². The molecule has 0 spiro atoms. The van der Waals surface area contributed by atoms with Crippen molar-refractivity contribution >= 4 is 16.7 Å². The molecule has 0 atom stereocenters. The molecule has 0 amide bonds. The van der Waals surface area contributed by atoms with Crippen molar-refractivity contribution in [2.45, 2.75) is 5.92 Å². The van der Waals surface area contributed by atoms with E-state index in [-0.39, 0.29) is 11.5 Å². The molecule has 7 nitrogen and oxygen atoms in total. The summed E-state index contributed by atoms with van der Waals surface area (Å²) in [5.74, 6) is 0.826. The van der Waals surface area contributed by atoms with Crippen molar-refractivity contribution in [3.63, 3.8) is 0 Å². The maximum Gasteiger partial charge on any atom is 0.262 e. The van der Waals surface area contributed by atoms with E-state index in [0.29, 0.717) is 22.4 Å². The summed E-state index contributed by atoms with van der Waals surface area (Å²) in [6.07, 6.45) is 1.56. The molecule has 5 rings (SSSR count). The number of hydrogen-bond acceptors (Lipinski definition) is 5. The van der Waals surface area contributed by atoms with Gasteiger partial charge in [0.15, 0.2) is 5.65 Å². The third kappa shape index (κ3) is 2.63. The summed E-state index contributed by atoms with van der Waals surface area (Å²) in [6, 6.07) is 19.3. The summed E-state index contributed by atoms with van der Waals surface area (Å²) in [4.78, 5) is 22.4. The fraction of sp³-hybridized carbons (Fsp3) is 0.143. The maximum atomic E-state index is 12.5. The molecule has 3 heterocycles. The predicted octanol–water partition coefficient (Wildman–Crippen LogP) is 2.58. The smallest absolute Gasteiger partial charge is 0.262 e. The first-order chi connectivity index (χ1) is 13.7. The van der Waals surface area contributed by atoms with Crippen LogP contribution in [0.4, 0.5) is 5.69 Å². The summed E-state index contributed by atoms with van der Waals surface area (Å²) < 4.78 is 1.70. The third-order valence-corrected chi connectivity index (χ3v) is 5.09. The Bertz CT molecular complexity index is 1240. The Hall–Kier alpha value is -3.92. The topological polar surface area (TPSA) is 90.6 Å². The van der Waals surface area contributed by atoms with E-state index in [1.54, 1.807) is 10.9 Å². The molecule has 1 fully saturated rings. The summed E-state index contributed by atoms with van der Waals surface area (Å²) in [6.45, 7) is 1.53. The van der Waals surface area contributed by atoms with Crippen molar-refractivity contribution in [1.82, 2.24) is 19.7 Å². The monoisotopic (exact) mass is 368 g/mol. The number of rotatable bonds is 3. The van der Waals surface area contributed by atoms with Crippen molar-refractivity contribution in [2.75, 3.05) is 18.0 Å². The number of hydrogen-bond donors (Lipinski definition) is 1. The molecule has 0 radical (unpaired) electrons. The van der Waals surface area contributed by atoms with Crippen LogP contribution < -0.4 is 10.5 Å². The van der Waals surface area contributed by atoms with E-state index in [4.69, 9.17) is 10.2 Å². The molecule has 7 heteroatoms. The van der Waals surface area contributed by atoms with E-state index >= 15 is 0 Å². The van der Waals surface area contributed by atoms with Gasteiger partial charge in [-0.1, -0.05) is 18.2 Å². The second-order valence-corrected chi connectivity index (χ2v) is 6.84. The van der Waals surface area contributed by atoms with Crippen LogP contribution in [0, 0.1) is 11.3 Å². The molecule has 28 heavy (non-hydrogen) atoms. The van der Waals surface area contributed by atoms with Crippen LogP contribution in [-0.2, 0) is 0 Å². The lowest BCUT2D eigenvalue weighted by Crippen LogP contribution is -2.46. The molecule has 1 N–H and O–H groups in total. The van der Waals surface area contributed by atoms with Crippen molar-refractivity contribution in [1.29, 1.82) is 5.26 Å². The van der Waals surface area contributed by atoms with Gasteiger partial charge in [0.2, 0.25) is 0 Å². The molecule has 1 saturated heterocycles. The molecule has 0 aliphatic carbocycles. The fourth-order valence-electron chi connectivity index (χ4n) is 3.50. The molecule has 136 valence electrons. The minimum atomic E-state index is -0.168. The quantitative estimate of drug-likeness (QED) is 0.600. The zero-order valence-corrected chi connectivity index (χ0v) is 14.9. The van der Waals surface area contributed by atoms with Gasteiger partial charge in [-0.25, -0.2) is 9.67 Å². The standard InChI is InChI=1S/C21H16N6O/c22-10-14-6-8-16(9-7-14)26-12-15(13-26)19-24-20-18(21(28)25-19)11-23-27(20)17-4-2-1-3-5-17/h1-9,11,15H,12-13H2,(H,24,25,28). The van der Waals surface area contributed by atoms with Crippen LogP contribution >= 0.6 is 0 Å². The molecule has 0 saturated carbocycles. The number of nitrogens with zero attached hydrogens (tertiary/aromatic N) is 5. The van der Waals surface area contributed by atoms with Crippen molar-refractivity contribution in [3.05, 3.63) is 82.5 Å². The molecule has 1 aliphatic heterocycles. The van der Waals surface area contributed by atoms with Crippen LogP contribution in [-0.4, -0.2) is 32.8 Å². The Labute approximate surface area is 160 Å². The molecule has 0 unspecified atom stereocenters. The summed E-state index contributed by atoms with van der Waals surface area (Å²) in [7, 11) is 0. The average molecular weight is 368 g/mol. The Balaban J connectivity index is 1.44. The lowest BCUT2D eigenvalue weighted by Gasteiger charge is -2.40. The lowest BCUT2D eigenvalue weighted by molar-refractivity contribution is 0.501. The van der Waals surface area contributed by atoms with Crippen LogP contribution in [0.2, 0.25) is 0 Å². The van der Waals surface area contributed by atoms with Crippen LogP contribution in [0.15, 0.2) is 65.6 Å². The van der Waals surface area contributed by atoms with E-state index in [2.05, 4.69) is 21.1 Å². The maximum absolute atomic E-state index is 12.5. The molecule has 4 aromatic rings. The minimum absolute atomic E-state index is 0.145. The van der Waals surface area contributed by atoms with Crippen molar-refractivity contribution < 1.29 is 0 Å². The normalized spacial score (nSPS) is 14.0. The Kier molecular flexibility index (Phi) is 3.69. The van der Waals surface area contributed by atoms with E-state index < -0.39 is 0 Å². The van der Waals surface area contributed by atoms with Gasteiger partial charge in [0, 0.05) is 18.8 Å². The number of aromatic amines is 1. The number of anilines is 1. The van der Waals surface area contributed by atoms with E-state index in [0.717, 1.165) is 24.5 Å². The third-order valence-electron chi connectivity index (χ3n) is 5.09. The Morgan fingerprint density at radius 2 is 1.79 bits per heavy atom. The van der Waals surface area contributed by atoms with Gasteiger partial charge < -0.3 is 9.88 Å². The van der Waals surface area contributed by atoms with Gasteiger partial charge in [0.25, 0.3) is 5.56 Å². The molecule has 2 aromatic heterocycles. The van der Waals surface area contributed by atoms with E-state index in [9.17, 15) is 4.79 Å². The number of H-pyrrole nitrogens is 1. The number of aromatic nitrogens is 4. The van der Waals surface area contributed by atoms with Gasteiger partial charge in [-0.3, -0.25) is 4.79 Å². The van der Waals surface area contributed by atoms with Crippen molar-refractivity contribution in [3.8, 4) is 11.8 Å². The highest BCUT2D eigenvalue weighted by Crippen LogP contribution is 2.30. The molecule has 2 aromatic carbocycles. The second-order valence-electron chi connectivity index (χ2n) is 6.84. The minimum Gasteiger partial charge on any atom is -0.370 e. The second kappa shape index (κ2) is 6.35. The summed E-state index contributed by atoms with van der Waals surface area (Å²) in [5, 5.41) is 13.7. The molecular formula is C21H16N6O. The van der Waals surface area contributed by atoms with Gasteiger partial charge in [-0.05, 0) is 36.4 Å². The van der Waals surface area contributed by atoms with E-state index in [1.807, 2.05) is 54.6 Å². The SMILES string of the molecule is N#Cc1ccc(N2CC(c3nc4c(cnn4-c4ccccc4)c(=O)[nH]3)C2)cc1. The first-order valence-corrected chi connectivity index (χ1v) is 9.01. The number of fused-ring (bicyclic) bond motifs is 1. The first-order valence-electron chi connectivity index (χ1n) is 9.01. The number of nitrogens with one attached hydrogen (secondary N) is 1. The van der Waals surface area contributed by atoms with Gasteiger partial charge in [-0.15, -0.1) is 0 Å². The molecule has 0 bridgehead atoms. The number of nitriles is 1. The average Bonchev–Trinajstić information content (AvgIpc) is 3.13.